The SMILES string of the molecule is NNOC(=O)CCN1CCCCC1CO. The van der Waals surface area contributed by atoms with Gasteiger partial charge in [-0.15, -0.1) is 0 Å². The van der Waals surface area contributed by atoms with Crippen LogP contribution in [0.4, 0.5) is 0 Å². The lowest BCUT2D eigenvalue weighted by atomic mass is 10.0. The molecule has 15 heavy (non-hydrogen) atoms. The number of nitrogens with one attached hydrogen (secondary N) is 1. The molecule has 1 heterocycles. The van der Waals surface area contributed by atoms with Gasteiger partial charge in [-0.25, -0.2) is 5.84 Å². The molecule has 0 aromatic rings. The molecule has 0 bridgehead atoms. The van der Waals surface area contributed by atoms with Gasteiger partial charge >= 0.3 is 5.97 Å². The van der Waals surface area contributed by atoms with Crippen LogP contribution in [0.25, 0.3) is 0 Å². The number of nitrogens with zero attached hydrogens (tertiary/aromatic N) is 1. The van der Waals surface area contributed by atoms with E-state index in [4.69, 9.17) is 10.9 Å². The Labute approximate surface area is 89.3 Å². The first-order valence-electron chi connectivity index (χ1n) is 5.28. The highest BCUT2D eigenvalue weighted by Gasteiger charge is 2.21. The van der Waals surface area contributed by atoms with E-state index in [1.807, 2.05) is 5.59 Å². The Bertz CT molecular complexity index is 201. The summed E-state index contributed by atoms with van der Waals surface area (Å²) in [5.41, 5.74) is 1.86. The minimum atomic E-state index is -0.375. The van der Waals surface area contributed by atoms with Crippen LogP contribution in [0.5, 0.6) is 0 Å². The molecule has 1 rings (SSSR count). The minimum absolute atomic E-state index is 0.157. The number of rotatable bonds is 5. The van der Waals surface area contributed by atoms with E-state index in [0.29, 0.717) is 13.0 Å². The normalized spacial score (nSPS) is 22.7. The summed E-state index contributed by atoms with van der Waals surface area (Å²) in [7, 11) is 0. The number of hydrogen-bond acceptors (Lipinski definition) is 6. The third-order valence-electron chi connectivity index (χ3n) is 2.74. The van der Waals surface area contributed by atoms with Gasteiger partial charge in [0.15, 0.2) is 0 Å². The standard InChI is InChI=1S/C9H19N3O3/c10-11-15-9(14)4-6-12-5-2-1-3-8(12)7-13/h8,11,13H,1-7,10H2. The molecular weight excluding hydrogens is 198 g/mol. The first kappa shape index (κ1) is 12.4. The van der Waals surface area contributed by atoms with E-state index in [-0.39, 0.29) is 18.6 Å². The summed E-state index contributed by atoms with van der Waals surface area (Å²) in [4.78, 5) is 17.6. The van der Waals surface area contributed by atoms with E-state index < -0.39 is 0 Å². The summed E-state index contributed by atoms with van der Waals surface area (Å²) >= 11 is 0. The maximum Gasteiger partial charge on any atom is 0.327 e. The summed E-state index contributed by atoms with van der Waals surface area (Å²) in [6.07, 6.45) is 3.57. The number of nitrogens with two attached hydrogens (primary N) is 1. The monoisotopic (exact) mass is 217 g/mol. The molecular formula is C9H19N3O3. The molecule has 1 aliphatic heterocycles. The summed E-state index contributed by atoms with van der Waals surface area (Å²) in [5, 5.41) is 9.14. The smallest absolute Gasteiger partial charge is 0.327 e. The second-order valence-corrected chi connectivity index (χ2v) is 3.71. The fourth-order valence-corrected chi connectivity index (χ4v) is 1.91. The number of carbonyl (C=O) groups excluding carboxylic acids is 1. The lowest BCUT2D eigenvalue weighted by Gasteiger charge is -2.34. The zero-order valence-corrected chi connectivity index (χ0v) is 8.82. The molecule has 1 aliphatic rings. The van der Waals surface area contributed by atoms with Crippen molar-refractivity contribution < 1.29 is 14.7 Å². The predicted molar refractivity (Wildman–Crippen MR) is 54.3 cm³/mol. The molecule has 6 heteroatoms. The number of piperidine rings is 1. The van der Waals surface area contributed by atoms with Crippen LogP contribution in [-0.4, -0.2) is 41.7 Å². The van der Waals surface area contributed by atoms with Gasteiger partial charge in [0.25, 0.3) is 0 Å². The Kier molecular flexibility index (Phi) is 5.56. The third kappa shape index (κ3) is 4.13. The summed E-state index contributed by atoms with van der Waals surface area (Å²) < 4.78 is 0. The van der Waals surface area contributed by atoms with Crippen LogP contribution in [0.15, 0.2) is 0 Å². The molecule has 0 aromatic heterocycles. The molecule has 0 amide bonds. The van der Waals surface area contributed by atoms with Gasteiger partial charge in [-0.05, 0) is 19.4 Å². The molecule has 0 saturated carbocycles. The minimum Gasteiger partial charge on any atom is -0.395 e. The molecule has 6 nitrogen and oxygen atoms in total. The van der Waals surface area contributed by atoms with Crippen molar-refractivity contribution in [2.45, 2.75) is 31.7 Å². The van der Waals surface area contributed by atoms with Crippen molar-refractivity contribution in [1.82, 2.24) is 10.5 Å². The molecule has 88 valence electrons. The lowest BCUT2D eigenvalue weighted by molar-refractivity contribution is -0.151. The Morgan fingerprint density at radius 2 is 2.40 bits per heavy atom. The summed E-state index contributed by atoms with van der Waals surface area (Å²) in [6.45, 7) is 1.71. The van der Waals surface area contributed by atoms with Crippen LogP contribution in [0, 0.1) is 0 Å². The van der Waals surface area contributed by atoms with Crippen molar-refractivity contribution in [2.75, 3.05) is 19.7 Å². The number of aliphatic hydroxyl groups excluding tert-OH is 1. The first-order valence-corrected chi connectivity index (χ1v) is 5.28. The summed E-state index contributed by atoms with van der Waals surface area (Å²) in [5.74, 6) is 4.47. The van der Waals surface area contributed by atoms with Crippen LogP contribution in [0.2, 0.25) is 0 Å². The largest absolute Gasteiger partial charge is 0.395 e. The highest BCUT2D eigenvalue weighted by molar-refractivity contribution is 5.69. The summed E-state index contributed by atoms with van der Waals surface area (Å²) in [6, 6.07) is 0.192. The molecule has 0 radical (unpaired) electrons. The number of hydrogen-bond donors (Lipinski definition) is 3. The van der Waals surface area contributed by atoms with Crippen molar-refractivity contribution in [3.05, 3.63) is 0 Å². The van der Waals surface area contributed by atoms with Crippen LogP contribution >= 0.6 is 0 Å². The molecule has 1 unspecified atom stereocenters. The second kappa shape index (κ2) is 6.73. The zero-order chi connectivity index (χ0) is 11.1. The maximum absolute atomic E-state index is 11.0. The highest BCUT2D eigenvalue weighted by atomic mass is 16.7. The van der Waals surface area contributed by atoms with E-state index in [9.17, 15) is 4.79 Å². The topological polar surface area (TPSA) is 87.8 Å². The van der Waals surface area contributed by atoms with Gasteiger partial charge in [0.1, 0.15) is 0 Å². The molecule has 1 saturated heterocycles. The maximum atomic E-state index is 11.0. The van der Waals surface area contributed by atoms with Crippen molar-refractivity contribution in [3.8, 4) is 0 Å². The molecule has 1 atom stereocenters. The van der Waals surface area contributed by atoms with Gasteiger partial charge in [0, 0.05) is 12.6 Å². The third-order valence-corrected chi connectivity index (χ3v) is 2.74. The van der Waals surface area contributed by atoms with Crippen LogP contribution in [0.3, 0.4) is 0 Å². The Morgan fingerprint density at radius 3 is 3.07 bits per heavy atom. The number of likely N-dealkylation sites (tertiary alicyclic amines) is 1. The van der Waals surface area contributed by atoms with Gasteiger partial charge < -0.3 is 9.94 Å². The average molecular weight is 217 g/mol. The predicted octanol–water partition coefficient (Wildman–Crippen LogP) is -0.855. The molecule has 1 fully saturated rings. The van der Waals surface area contributed by atoms with Crippen LogP contribution in [-0.2, 0) is 9.63 Å². The van der Waals surface area contributed by atoms with Crippen molar-refractivity contribution in [2.24, 2.45) is 5.84 Å². The van der Waals surface area contributed by atoms with E-state index in [1.54, 1.807) is 0 Å². The lowest BCUT2D eigenvalue weighted by Crippen LogP contribution is -2.43. The Hall–Kier alpha value is -0.690. The van der Waals surface area contributed by atoms with Gasteiger partial charge in [-0.2, -0.15) is 0 Å². The molecule has 0 aliphatic carbocycles. The van der Waals surface area contributed by atoms with Crippen molar-refractivity contribution in [1.29, 1.82) is 0 Å². The van der Waals surface area contributed by atoms with Gasteiger partial charge in [-0.3, -0.25) is 9.69 Å². The first-order chi connectivity index (χ1) is 7.27. The van der Waals surface area contributed by atoms with E-state index >= 15 is 0 Å². The van der Waals surface area contributed by atoms with E-state index in [2.05, 4.69) is 9.74 Å². The zero-order valence-electron chi connectivity index (χ0n) is 8.82. The van der Waals surface area contributed by atoms with Crippen LogP contribution in [0.1, 0.15) is 25.7 Å². The second-order valence-electron chi connectivity index (χ2n) is 3.71. The molecule has 4 N–H and O–H groups in total. The Balaban J connectivity index is 2.26. The fourth-order valence-electron chi connectivity index (χ4n) is 1.91. The Morgan fingerprint density at radius 1 is 1.60 bits per heavy atom. The number of carbonyl (C=O) groups is 1. The van der Waals surface area contributed by atoms with Gasteiger partial charge in [0.05, 0.1) is 13.0 Å². The van der Waals surface area contributed by atoms with Gasteiger partial charge in [0.2, 0.25) is 0 Å². The van der Waals surface area contributed by atoms with Crippen molar-refractivity contribution in [3.63, 3.8) is 0 Å². The van der Waals surface area contributed by atoms with Crippen molar-refractivity contribution >= 4 is 5.97 Å². The highest BCUT2D eigenvalue weighted by Crippen LogP contribution is 2.16. The number of aliphatic hydroxyl groups is 1. The van der Waals surface area contributed by atoms with Crippen LogP contribution < -0.4 is 11.4 Å². The fraction of sp³-hybridized carbons (Fsp3) is 0.889. The quantitative estimate of drug-likeness (QED) is 0.410. The molecule has 0 spiro atoms. The van der Waals surface area contributed by atoms with E-state index in [0.717, 1.165) is 25.8 Å². The van der Waals surface area contributed by atoms with Gasteiger partial charge in [-0.1, -0.05) is 12.0 Å². The molecule has 0 aromatic carbocycles. The number of hydrazine groups is 1. The average Bonchev–Trinajstić information content (AvgIpc) is 2.27. The van der Waals surface area contributed by atoms with E-state index in [1.165, 1.54) is 0 Å².